The highest BCUT2D eigenvalue weighted by molar-refractivity contribution is 7.91. The largest absolute Gasteiger partial charge is 0.328 e. The van der Waals surface area contributed by atoms with Crippen molar-refractivity contribution in [3.05, 3.63) is 29.3 Å². The lowest BCUT2D eigenvalue weighted by Gasteiger charge is -2.10. The maximum atomic E-state index is 12.2. The minimum Gasteiger partial charge on any atom is -0.328 e. The lowest BCUT2D eigenvalue weighted by Crippen LogP contribution is -2.20. The summed E-state index contributed by atoms with van der Waals surface area (Å²) >= 11 is 0. The van der Waals surface area contributed by atoms with Gasteiger partial charge in [-0.1, -0.05) is 24.6 Å². The number of benzene rings is 1. The second kappa shape index (κ2) is 6.34. The maximum absolute atomic E-state index is 12.2. The lowest BCUT2D eigenvalue weighted by atomic mass is 10.1. The van der Waals surface area contributed by atoms with E-state index >= 15 is 0 Å². The van der Waals surface area contributed by atoms with Gasteiger partial charge in [0, 0.05) is 6.04 Å². The highest BCUT2D eigenvalue weighted by Crippen LogP contribution is 2.19. The Morgan fingerprint density at radius 2 is 1.94 bits per heavy atom. The Morgan fingerprint density at radius 1 is 1.28 bits per heavy atom. The molecule has 0 bridgehead atoms. The lowest BCUT2D eigenvalue weighted by molar-refractivity contribution is 0.567. The molecule has 0 saturated heterocycles. The van der Waals surface area contributed by atoms with Crippen molar-refractivity contribution < 1.29 is 8.42 Å². The number of nitrogens with two attached hydrogens (primary N) is 1. The first-order valence-electron chi connectivity index (χ1n) is 6.42. The predicted octanol–water partition coefficient (Wildman–Crippen LogP) is 2.59. The topological polar surface area (TPSA) is 60.2 Å². The number of rotatable bonds is 6. The van der Waals surface area contributed by atoms with Gasteiger partial charge in [-0.3, -0.25) is 0 Å². The second-order valence-electron chi connectivity index (χ2n) is 4.90. The third-order valence-electron chi connectivity index (χ3n) is 3.18. The molecule has 0 saturated carbocycles. The molecule has 102 valence electrons. The van der Waals surface area contributed by atoms with E-state index in [0.29, 0.717) is 11.3 Å². The first-order valence-corrected chi connectivity index (χ1v) is 8.07. The van der Waals surface area contributed by atoms with Crippen LogP contribution in [-0.4, -0.2) is 20.2 Å². The molecule has 4 heteroatoms. The summed E-state index contributed by atoms with van der Waals surface area (Å²) in [5.74, 6) is 0.185. The summed E-state index contributed by atoms with van der Waals surface area (Å²) in [6.45, 7) is 5.82. The molecule has 1 aromatic carbocycles. The van der Waals surface area contributed by atoms with Gasteiger partial charge in [-0.15, -0.1) is 0 Å². The van der Waals surface area contributed by atoms with Crippen LogP contribution in [0, 0.1) is 13.8 Å². The van der Waals surface area contributed by atoms with E-state index in [-0.39, 0.29) is 11.8 Å². The maximum Gasteiger partial charge on any atom is 0.178 e. The Balaban J connectivity index is 2.74. The third-order valence-corrected chi connectivity index (χ3v) is 5.13. The molecule has 0 aliphatic carbocycles. The zero-order chi connectivity index (χ0) is 13.8. The Hall–Kier alpha value is -0.870. The predicted molar refractivity (Wildman–Crippen MR) is 75.5 cm³/mol. The molecule has 0 amide bonds. The highest BCUT2D eigenvalue weighted by atomic mass is 32.2. The van der Waals surface area contributed by atoms with E-state index in [1.807, 2.05) is 32.9 Å². The number of hydrogen-bond acceptors (Lipinski definition) is 3. The number of aryl methyl sites for hydroxylation is 2. The Kier molecular flexibility index (Phi) is 5.35. The molecule has 0 aliphatic rings. The first-order chi connectivity index (χ1) is 8.36. The summed E-state index contributed by atoms with van der Waals surface area (Å²) < 4.78 is 24.4. The van der Waals surface area contributed by atoms with Crippen LogP contribution in [0.2, 0.25) is 0 Å². The molecule has 0 heterocycles. The molecule has 1 rings (SSSR count). The third kappa shape index (κ3) is 4.10. The van der Waals surface area contributed by atoms with Gasteiger partial charge in [-0.05, 0) is 44.7 Å². The van der Waals surface area contributed by atoms with Crippen LogP contribution in [-0.2, 0) is 9.84 Å². The molecular formula is C14H23NO2S. The van der Waals surface area contributed by atoms with Crippen LogP contribution >= 0.6 is 0 Å². The van der Waals surface area contributed by atoms with Crippen LogP contribution in [0.5, 0.6) is 0 Å². The fourth-order valence-electron chi connectivity index (χ4n) is 2.00. The standard InChI is InChI=1S/C14H23NO2S/c1-4-13(15)6-5-9-18(16,17)14-8-7-11(2)10-12(14)3/h7-8,10,13H,4-6,9,15H2,1-3H3. The Labute approximate surface area is 110 Å². The van der Waals surface area contributed by atoms with Crippen molar-refractivity contribution in [3.8, 4) is 0 Å². The van der Waals surface area contributed by atoms with Crippen molar-refractivity contribution in [2.45, 2.75) is 51.0 Å². The van der Waals surface area contributed by atoms with Crippen LogP contribution < -0.4 is 5.73 Å². The highest BCUT2D eigenvalue weighted by Gasteiger charge is 2.16. The second-order valence-corrected chi connectivity index (χ2v) is 6.98. The van der Waals surface area contributed by atoms with Crippen molar-refractivity contribution >= 4 is 9.84 Å². The monoisotopic (exact) mass is 269 g/mol. The molecule has 0 fully saturated rings. The van der Waals surface area contributed by atoms with E-state index in [1.165, 1.54) is 0 Å². The van der Waals surface area contributed by atoms with E-state index in [9.17, 15) is 8.42 Å². The summed E-state index contributed by atoms with van der Waals surface area (Å²) in [7, 11) is -3.17. The minimum atomic E-state index is -3.17. The SMILES string of the molecule is CCC(N)CCCS(=O)(=O)c1ccc(C)cc1C. The van der Waals surface area contributed by atoms with Gasteiger partial charge in [0.15, 0.2) is 9.84 Å². The molecule has 0 aromatic heterocycles. The number of sulfone groups is 1. The smallest absolute Gasteiger partial charge is 0.178 e. The summed E-state index contributed by atoms with van der Waals surface area (Å²) in [6, 6.07) is 5.57. The van der Waals surface area contributed by atoms with E-state index in [0.717, 1.165) is 24.0 Å². The van der Waals surface area contributed by atoms with Crippen molar-refractivity contribution in [3.63, 3.8) is 0 Å². The van der Waals surface area contributed by atoms with Crippen LogP contribution in [0.1, 0.15) is 37.3 Å². The molecule has 1 aromatic rings. The molecule has 18 heavy (non-hydrogen) atoms. The summed E-state index contributed by atoms with van der Waals surface area (Å²) in [5, 5.41) is 0. The number of hydrogen-bond donors (Lipinski definition) is 1. The van der Waals surface area contributed by atoms with Gasteiger partial charge in [0.25, 0.3) is 0 Å². The van der Waals surface area contributed by atoms with Gasteiger partial charge in [0.05, 0.1) is 10.6 Å². The Bertz CT molecular complexity index is 495. The minimum absolute atomic E-state index is 0.110. The molecule has 1 unspecified atom stereocenters. The van der Waals surface area contributed by atoms with Gasteiger partial charge in [0.1, 0.15) is 0 Å². The van der Waals surface area contributed by atoms with E-state index in [1.54, 1.807) is 6.07 Å². The zero-order valence-corrected chi connectivity index (χ0v) is 12.3. The molecule has 0 aliphatic heterocycles. The van der Waals surface area contributed by atoms with Crippen molar-refractivity contribution in [1.29, 1.82) is 0 Å². The quantitative estimate of drug-likeness (QED) is 0.863. The van der Waals surface area contributed by atoms with Crippen LogP contribution in [0.4, 0.5) is 0 Å². The van der Waals surface area contributed by atoms with Gasteiger partial charge in [-0.25, -0.2) is 8.42 Å². The fraction of sp³-hybridized carbons (Fsp3) is 0.571. The van der Waals surface area contributed by atoms with Crippen LogP contribution in [0.3, 0.4) is 0 Å². The molecular weight excluding hydrogens is 246 g/mol. The van der Waals surface area contributed by atoms with Crippen molar-refractivity contribution in [2.24, 2.45) is 5.73 Å². The Morgan fingerprint density at radius 3 is 2.50 bits per heavy atom. The van der Waals surface area contributed by atoms with Crippen molar-refractivity contribution in [2.75, 3.05) is 5.75 Å². The normalized spacial score (nSPS) is 13.6. The van der Waals surface area contributed by atoms with E-state index < -0.39 is 9.84 Å². The van der Waals surface area contributed by atoms with Crippen molar-refractivity contribution in [1.82, 2.24) is 0 Å². The molecule has 3 nitrogen and oxygen atoms in total. The molecule has 0 radical (unpaired) electrons. The van der Waals surface area contributed by atoms with E-state index in [4.69, 9.17) is 5.73 Å². The summed E-state index contributed by atoms with van der Waals surface area (Å²) in [6.07, 6.45) is 2.29. The molecule has 1 atom stereocenters. The van der Waals surface area contributed by atoms with E-state index in [2.05, 4.69) is 0 Å². The van der Waals surface area contributed by atoms with Gasteiger partial charge < -0.3 is 5.73 Å². The van der Waals surface area contributed by atoms with Gasteiger partial charge >= 0.3 is 0 Å². The molecule has 2 N–H and O–H groups in total. The average molecular weight is 269 g/mol. The zero-order valence-electron chi connectivity index (χ0n) is 11.4. The fourth-order valence-corrected chi connectivity index (χ4v) is 3.59. The average Bonchev–Trinajstić information content (AvgIpc) is 2.27. The van der Waals surface area contributed by atoms with Gasteiger partial charge in [-0.2, -0.15) is 0 Å². The van der Waals surface area contributed by atoms with Crippen LogP contribution in [0.25, 0.3) is 0 Å². The summed E-state index contributed by atoms with van der Waals surface area (Å²) in [4.78, 5) is 0.457. The molecule has 0 spiro atoms. The van der Waals surface area contributed by atoms with Crippen LogP contribution in [0.15, 0.2) is 23.1 Å². The first kappa shape index (κ1) is 15.2. The summed E-state index contributed by atoms with van der Waals surface area (Å²) in [5.41, 5.74) is 7.71. The van der Waals surface area contributed by atoms with Gasteiger partial charge in [0.2, 0.25) is 0 Å².